The third-order valence-corrected chi connectivity index (χ3v) is 4.98. The highest BCUT2D eigenvalue weighted by atomic mass is 16.5. The molecule has 0 radical (unpaired) electrons. The molecule has 0 saturated carbocycles. The third-order valence-electron chi connectivity index (χ3n) is 4.98. The van der Waals surface area contributed by atoms with Crippen LogP contribution in [0.2, 0.25) is 0 Å². The summed E-state index contributed by atoms with van der Waals surface area (Å²) in [6, 6.07) is 21.5. The molecule has 0 unspecified atom stereocenters. The number of para-hydroxylation sites is 1. The minimum atomic E-state index is -0.800. The summed E-state index contributed by atoms with van der Waals surface area (Å²) in [7, 11) is 0. The number of nitrogens with zero attached hydrogens (tertiary/aromatic N) is 1. The lowest BCUT2D eigenvalue weighted by Crippen LogP contribution is -2.54. The highest BCUT2D eigenvalue weighted by Gasteiger charge is 2.36. The van der Waals surface area contributed by atoms with Gasteiger partial charge in [-0.05, 0) is 60.5 Å². The molecule has 170 valence electrons. The molecule has 0 atom stereocenters. The molecule has 4 rings (SSSR count). The minimum Gasteiger partial charge on any atom is -0.484 e. The number of imide groups is 2. The van der Waals surface area contributed by atoms with Crippen LogP contribution in [0.5, 0.6) is 5.75 Å². The standard InChI is InChI=1S/C26H21N3O5/c1-17-6-5-7-19(14-17)27-23(30)16-34-21-12-10-18(11-13-21)15-22-24(31)28-26(33)29(25(22)32)20-8-3-2-4-9-20/h2-15H,16H2,1H3,(H,27,30)(H,28,31,33)/b22-15+. The van der Waals surface area contributed by atoms with Gasteiger partial charge in [-0.25, -0.2) is 9.69 Å². The molecule has 1 heterocycles. The average molecular weight is 455 g/mol. The van der Waals surface area contributed by atoms with Gasteiger partial charge in [-0.1, -0.05) is 42.5 Å². The first kappa shape index (κ1) is 22.5. The van der Waals surface area contributed by atoms with Crippen LogP contribution in [-0.4, -0.2) is 30.4 Å². The zero-order valence-corrected chi connectivity index (χ0v) is 18.3. The first-order valence-electron chi connectivity index (χ1n) is 10.5. The van der Waals surface area contributed by atoms with Crippen molar-refractivity contribution in [3.63, 3.8) is 0 Å². The number of carbonyl (C=O) groups excluding carboxylic acids is 4. The van der Waals surface area contributed by atoms with E-state index in [2.05, 4.69) is 10.6 Å². The second-order valence-corrected chi connectivity index (χ2v) is 7.57. The Balaban J connectivity index is 1.42. The lowest BCUT2D eigenvalue weighted by Gasteiger charge is -2.26. The van der Waals surface area contributed by atoms with Crippen molar-refractivity contribution in [2.24, 2.45) is 0 Å². The number of anilines is 2. The van der Waals surface area contributed by atoms with Crippen molar-refractivity contribution in [2.45, 2.75) is 6.92 Å². The van der Waals surface area contributed by atoms with Crippen molar-refractivity contribution in [3.05, 3.63) is 95.6 Å². The first-order valence-corrected chi connectivity index (χ1v) is 10.5. The molecular weight excluding hydrogens is 434 g/mol. The van der Waals surface area contributed by atoms with Crippen molar-refractivity contribution in [3.8, 4) is 5.75 Å². The molecule has 8 nitrogen and oxygen atoms in total. The highest BCUT2D eigenvalue weighted by molar-refractivity contribution is 6.39. The fourth-order valence-electron chi connectivity index (χ4n) is 3.36. The van der Waals surface area contributed by atoms with E-state index in [4.69, 9.17) is 4.74 Å². The molecule has 0 spiro atoms. The molecule has 0 aromatic heterocycles. The zero-order valence-electron chi connectivity index (χ0n) is 18.3. The van der Waals surface area contributed by atoms with Gasteiger partial charge in [0.1, 0.15) is 11.3 Å². The van der Waals surface area contributed by atoms with Crippen LogP contribution in [0.15, 0.2) is 84.4 Å². The Labute approximate surface area is 195 Å². The molecule has 2 N–H and O–H groups in total. The minimum absolute atomic E-state index is 0.172. The van der Waals surface area contributed by atoms with Crippen molar-refractivity contribution < 1.29 is 23.9 Å². The maximum absolute atomic E-state index is 12.9. The van der Waals surface area contributed by atoms with Gasteiger partial charge >= 0.3 is 6.03 Å². The van der Waals surface area contributed by atoms with Gasteiger partial charge in [0.05, 0.1) is 5.69 Å². The van der Waals surface area contributed by atoms with Gasteiger partial charge in [-0.3, -0.25) is 19.7 Å². The van der Waals surface area contributed by atoms with E-state index < -0.39 is 17.8 Å². The van der Waals surface area contributed by atoms with Crippen LogP contribution < -0.4 is 20.3 Å². The molecule has 3 aromatic rings. The van der Waals surface area contributed by atoms with Gasteiger partial charge in [-0.15, -0.1) is 0 Å². The van der Waals surface area contributed by atoms with Crippen molar-refractivity contribution >= 4 is 41.2 Å². The van der Waals surface area contributed by atoms with Gasteiger partial charge in [0.15, 0.2) is 6.61 Å². The summed E-state index contributed by atoms with van der Waals surface area (Å²) in [6.07, 6.45) is 1.40. The second kappa shape index (κ2) is 9.83. The lowest BCUT2D eigenvalue weighted by molar-refractivity contribution is -0.122. The summed E-state index contributed by atoms with van der Waals surface area (Å²) < 4.78 is 5.51. The number of barbiturate groups is 1. The van der Waals surface area contributed by atoms with Crippen molar-refractivity contribution in [2.75, 3.05) is 16.8 Å². The monoisotopic (exact) mass is 455 g/mol. The molecule has 0 aliphatic carbocycles. The van der Waals surface area contributed by atoms with Gasteiger partial charge in [0, 0.05) is 5.69 Å². The third kappa shape index (κ3) is 5.18. The van der Waals surface area contributed by atoms with Crippen LogP contribution >= 0.6 is 0 Å². The lowest BCUT2D eigenvalue weighted by atomic mass is 10.1. The summed E-state index contributed by atoms with van der Waals surface area (Å²) in [6.45, 7) is 1.76. The smallest absolute Gasteiger partial charge is 0.335 e. The SMILES string of the molecule is Cc1cccc(NC(=O)COc2ccc(/C=C3\C(=O)NC(=O)N(c4ccccc4)C3=O)cc2)c1. The Morgan fingerprint density at radius 2 is 1.71 bits per heavy atom. The van der Waals surface area contributed by atoms with E-state index in [-0.39, 0.29) is 18.1 Å². The number of ether oxygens (including phenoxy) is 1. The van der Waals surface area contributed by atoms with E-state index in [9.17, 15) is 19.2 Å². The number of urea groups is 1. The Morgan fingerprint density at radius 1 is 0.971 bits per heavy atom. The predicted molar refractivity (Wildman–Crippen MR) is 127 cm³/mol. The normalized spacial score (nSPS) is 14.7. The topological polar surface area (TPSA) is 105 Å². The van der Waals surface area contributed by atoms with E-state index in [1.54, 1.807) is 60.7 Å². The van der Waals surface area contributed by atoms with E-state index in [0.29, 0.717) is 22.7 Å². The van der Waals surface area contributed by atoms with Crippen molar-refractivity contribution in [1.82, 2.24) is 5.32 Å². The zero-order chi connectivity index (χ0) is 24.1. The summed E-state index contributed by atoms with van der Waals surface area (Å²) in [5.41, 5.74) is 2.46. The van der Waals surface area contributed by atoms with Crippen LogP contribution in [0.3, 0.4) is 0 Å². The number of hydrogen-bond donors (Lipinski definition) is 2. The van der Waals surface area contributed by atoms with Crippen LogP contribution in [0, 0.1) is 6.92 Å². The van der Waals surface area contributed by atoms with E-state index >= 15 is 0 Å². The molecule has 34 heavy (non-hydrogen) atoms. The molecule has 1 aliphatic rings. The first-order chi connectivity index (χ1) is 16.4. The number of aryl methyl sites for hydroxylation is 1. The van der Waals surface area contributed by atoms with Crippen LogP contribution in [0.25, 0.3) is 6.08 Å². The molecule has 8 heteroatoms. The fourth-order valence-corrected chi connectivity index (χ4v) is 3.36. The Kier molecular flexibility index (Phi) is 6.49. The molecule has 1 saturated heterocycles. The van der Waals surface area contributed by atoms with E-state index in [0.717, 1.165) is 10.5 Å². The van der Waals surface area contributed by atoms with Gasteiger partial charge in [0.25, 0.3) is 17.7 Å². The Bertz CT molecular complexity index is 1280. The second-order valence-electron chi connectivity index (χ2n) is 7.57. The number of nitrogens with one attached hydrogen (secondary N) is 2. The van der Waals surface area contributed by atoms with Crippen LogP contribution in [0.1, 0.15) is 11.1 Å². The summed E-state index contributed by atoms with van der Waals surface area (Å²) in [5.74, 6) is -1.34. The van der Waals surface area contributed by atoms with Gasteiger partial charge < -0.3 is 10.1 Å². The average Bonchev–Trinajstić information content (AvgIpc) is 2.82. The largest absolute Gasteiger partial charge is 0.484 e. The number of hydrogen-bond acceptors (Lipinski definition) is 5. The summed E-state index contributed by atoms with van der Waals surface area (Å²) >= 11 is 0. The number of amides is 5. The molecular formula is C26H21N3O5. The molecule has 1 aliphatic heterocycles. The molecule has 5 amide bonds. The quantitative estimate of drug-likeness (QED) is 0.436. The Morgan fingerprint density at radius 3 is 2.41 bits per heavy atom. The summed E-state index contributed by atoms with van der Waals surface area (Å²) in [5, 5.41) is 4.95. The molecule has 0 bridgehead atoms. The van der Waals surface area contributed by atoms with Gasteiger partial charge in [0.2, 0.25) is 0 Å². The maximum Gasteiger partial charge on any atom is 0.335 e. The van der Waals surface area contributed by atoms with Gasteiger partial charge in [-0.2, -0.15) is 0 Å². The summed E-state index contributed by atoms with van der Waals surface area (Å²) in [4.78, 5) is 50.4. The van der Waals surface area contributed by atoms with Crippen molar-refractivity contribution in [1.29, 1.82) is 0 Å². The van der Waals surface area contributed by atoms with Crippen LogP contribution in [0.4, 0.5) is 16.2 Å². The molecule has 1 fully saturated rings. The number of benzene rings is 3. The van der Waals surface area contributed by atoms with E-state index in [1.807, 2.05) is 25.1 Å². The maximum atomic E-state index is 12.9. The Hall–Kier alpha value is -4.72. The van der Waals surface area contributed by atoms with E-state index in [1.165, 1.54) is 6.08 Å². The number of carbonyl (C=O) groups is 4. The van der Waals surface area contributed by atoms with Crippen LogP contribution in [-0.2, 0) is 14.4 Å². The number of rotatable bonds is 6. The molecule has 3 aromatic carbocycles. The highest BCUT2D eigenvalue weighted by Crippen LogP contribution is 2.22. The fraction of sp³-hybridized carbons (Fsp3) is 0.0769. The predicted octanol–water partition coefficient (Wildman–Crippen LogP) is 3.68.